The molecule has 0 spiro atoms. The molecular weight excluding hydrogens is 268 g/mol. The summed E-state index contributed by atoms with van der Waals surface area (Å²) in [7, 11) is 0. The third-order valence-corrected chi connectivity index (χ3v) is 4.33. The quantitative estimate of drug-likeness (QED) is 0.832. The van der Waals surface area contributed by atoms with Crippen LogP contribution in [0.25, 0.3) is 0 Å². The summed E-state index contributed by atoms with van der Waals surface area (Å²) in [5.74, 6) is 0.802. The lowest BCUT2D eigenvalue weighted by Gasteiger charge is -2.38. The van der Waals surface area contributed by atoms with Gasteiger partial charge in [0, 0.05) is 43.8 Å². The molecule has 2 saturated heterocycles. The Morgan fingerprint density at radius 3 is 2.71 bits per heavy atom. The van der Waals surface area contributed by atoms with Gasteiger partial charge in [0.25, 0.3) is 0 Å². The molecule has 2 bridgehead atoms. The second-order valence-corrected chi connectivity index (χ2v) is 5.70. The van der Waals surface area contributed by atoms with Crippen molar-refractivity contribution in [3.05, 3.63) is 24.4 Å². The second-order valence-electron chi connectivity index (χ2n) is 5.70. The summed E-state index contributed by atoms with van der Waals surface area (Å²) in [6.07, 6.45) is 5.84. The van der Waals surface area contributed by atoms with E-state index < -0.39 is 0 Å². The number of piperidine rings is 1. The summed E-state index contributed by atoms with van der Waals surface area (Å²) in [5.41, 5.74) is 0. The van der Waals surface area contributed by atoms with Crippen molar-refractivity contribution in [1.82, 2.24) is 9.88 Å². The van der Waals surface area contributed by atoms with Crippen LogP contribution in [0.15, 0.2) is 24.4 Å². The molecule has 1 aromatic heterocycles. The molecule has 3 heterocycles. The van der Waals surface area contributed by atoms with Gasteiger partial charge in [-0.2, -0.15) is 0 Å². The van der Waals surface area contributed by atoms with Crippen LogP contribution in [0.5, 0.6) is 5.88 Å². The standard InChI is InChI=1S/C16H22N2O3/c1-2-20-11-16(19)18-12-6-7-13(18)10-14(9-12)21-15-5-3-4-8-17-15/h3-5,8,12-14H,2,6-7,9-11H2,1H3. The normalized spacial score (nSPS) is 27.7. The number of nitrogens with zero attached hydrogens (tertiary/aromatic N) is 2. The first-order valence-corrected chi connectivity index (χ1v) is 7.74. The van der Waals surface area contributed by atoms with E-state index in [1.165, 1.54) is 0 Å². The van der Waals surface area contributed by atoms with Crippen molar-refractivity contribution in [2.45, 2.75) is 50.8 Å². The Hall–Kier alpha value is -1.62. The minimum absolute atomic E-state index is 0.126. The van der Waals surface area contributed by atoms with Gasteiger partial charge in [-0.25, -0.2) is 4.98 Å². The van der Waals surface area contributed by atoms with E-state index in [0.29, 0.717) is 24.6 Å². The van der Waals surface area contributed by atoms with E-state index in [1.54, 1.807) is 6.20 Å². The third kappa shape index (κ3) is 3.18. The van der Waals surface area contributed by atoms with Gasteiger partial charge in [0.1, 0.15) is 12.7 Å². The first kappa shape index (κ1) is 14.3. The summed E-state index contributed by atoms with van der Waals surface area (Å²) < 4.78 is 11.2. The number of amides is 1. The summed E-state index contributed by atoms with van der Waals surface area (Å²) in [4.78, 5) is 18.5. The van der Waals surface area contributed by atoms with E-state index in [1.807, 2.05) is 30.0 Å². The maximum atomic E-state index is 12.2. The van der Waals surface area contributed by atoms with Gasteiger partial charge in [0.2, 0.25) is 11.8 Å². The van der Waals surface area contributed by atoms with Crippen LogP contribution in [0.1, 0.15) is 32.6 Å². The Balaban J connectivity index is 1.60. The van der Waals surface area contributed by atoms with Gasteiger partial charge in [0.05, 0.1) is 0 Å². The van der Waals surface area contributed by atoms with Crippen LogP contribution in [0.2, 0.25) is 0 Å². The molecule has 114 valence electrons. The largest absolute Gasteiger partial charge is 0.474 e. The lowest BCUT2D eigenvalue weighted by atomic mass is 9.99. The SMILES string of the molecule is CCOCC(=O)N1C2CCC1CC(Oc1ccccn1)C2. The van der Waals surface area contributed by atoms with E-state index in [0.717, 1.165) is 25.7 Å². The summed E-state index contributed by atoms with van der Waals surface area (Å²) in [5, 5.41) is 0. The molecule has 2 unspecified atom stereocenters. The van der Waals surface area contributed by atoms with Crippen molar-refractivity contribution in [1.29, 1.82) is 0 Å². The topological polar surface area (TPSA) is 51.7 Å². The van der Waals surface area contributed by atoms with Gasteiger partial charge in [0.15, 0.2) is 0 Å². The van der Waals surface area contributed by atoms with E-state index in [4.69, 9.17) is 9.47 Å². The van der Waals surface area contributed by atoms with Crippen molar-refractivity contribution in [3.8, 4) is 5.88 Å². The Morgan fingerprint density at radius 1 is 1.33 bits per heavy atom. The molecule has 1 aromatic rings. The number of carbonyl (C=O) groups is 1. The molecule has 2 aliphatic rings. The molecular formula is C16H22N2O3. The van der Waals surface area contributed by atoms with Crippen molar-refractivity contribution in [2.24, 2.45) is 0 Å². The van der Waals surface area contributed by atoms with E-state index in [-0.39, 0.29) is 18.6 Å². The zero-order valence-electron chi connectivity index (χ0n) is 12.4. The number of hydrogen-bond acceptors (Lipinski definition) is 4. The number of rotatable bonds is 5. The molecule has 0 N–H and O–H groups in total. The van der Waals surface area contributed by atoms with E-state index in [9.17, 15) is 4.79 Å². The predicted octanol–water partition coefficient (Wildman–Crippen LogP) is 2.02. The molecule has 0 aromatic carbocycles. The third-order valence-electron chi connectivity index (χ3n) is 4.33. The number of fused-ring (bicyclic) bond motifs is 2. The monoisotopic (exact) mass is 290 g/mol. The zero-order chi connectivity index (χ0) is 14.7. The molecule has 5 heteroatoms. The maximum absolute atomic E-state index is 12.2. The molecule has 21 heavy (non-hydrogen) atoms. The Morgan fingerprint density at radius 2 is 2.10 bits per heavy atom. The number of carbonyl (C=O) groups excluding carboxylic acids is 1. The molecule has 1 amide bonds. The van der Waals surface area contributed by atoms with Gasteiger partial charge in [-0.15, -0.1) is 0 Å². The van der Waals surface area contributed by atoms with Crippen LogP contribution >= 0.6 is 0 Å². The minimum Gasteiger partial charge on any atom is -0.474 e. The smallest absolute Gasteiger partial charge is 0.249 e. The highest BCUT2D eigenvalue weighted by atomic mass is 16.5. The molecule has 5 nitrogen and oxygen atoms in total. The van der Waals surface area contributed by atoms with Gasteiger partial charge in [-0.3, -0.25) is 4.79 Å². The highest BCUT2D eigenvalue weighted by Crippen LogP contribution is 2.37. The molecule has 0 radical (unpaired) electrons. The average molecular weight is 290 g/mol. The van der Waals surface area contributed by atoms with Crippen LogP contribution in [-0.2, 0) is 9.53 Å². The van der Waals surface area contributed by atoms with Gasteiger partial charge >= 0.3 is 0 Å². The van der Waals surface area contributed by atoms with Crippen LogP contribution in [-0.4, -0.2) is 47.2 Å². The van der Waals surface area contributed by atoms with Crippen LogP contribution in [0, 0.1) is 0 Å². The predicted molar refractivity (Wildman–Crippen MR) is 78.0 cm³/mol. The van der Waals surface area contributed by atoms with Crippen LogP contribution in [0.4, 0.5) is 0 Å². The lowest BCUT2D eigenvalue weighted by molar-refractivity contribution is -0.141. The van der Waals surface area contributed by atoms with Crippen molar-refractivity contribution < 1.29 is 14.3 Å². The molecule has 2 fully saturated rings. The number of hydrogen-bond donors (Lipinski definition) is 0. The molecule has 2 aliphatic heterocycles. The first-order chi connectivity index (χ1) is 10.3. The van der Waals surface area contributed by atoms with Crippen molar-refractivity contribution in [2.75, 3.05) is 13.2 Å². The average Bonchev–Trinajstić information content (AvgIpc) is 2.77. The van der Waals surface area contributed by atoms with Crippen molar-refractivity contribution in [3.63, 3.8) is 0 Å². The van der Waals surface area contributed by atoms with Gasteiger partial charge < -0.3 is 14.4 Å². The molecule has 0 aliphatic carbocycles. The summed E-state index contributed by atoms with van der Waals surface area (Å²) in [6, 6.07) is 6.29. The lowest BCUT2D eigenvalue weighted by Crippen LogP contribution is -2.50. The Kier molecular flexibility index (Phi) is 4.39. The molecule has 0 saturated carbocycles. The number of aromatic nitrogens is 1. The fourth-order valence-corrected chi connectivity index (χ4v) is 3.48. The van der Waals surface area contributed by atoms with Crippen LogP contribution < -0.4 is 4.74 Å². The Bertz CT molecular complexity index is 466. The van der Waals surface area contributed by atoms with Gasteiger partial charge in [-0.1, -0.05) is 6.07 Å². The number of pyridine rings is 1. The van der Waals surface area contributed by atoms with Crippen LogP contribution in [0.3, 0.4) is 0 Å². The Labute approximate surface area is 125 Å². The zero-order valence-corrected chi connectivity index (χ0v) is 12.4. The van der Waals surface area contributed by atoms with Crippen molar-refractivity contribution >= 4 is 5.91 Å². The fraction of sp³-hybridized carbons (Fsp3) is 0.625. The molecule has 2 atom stereocenters. The highest BCUT2D eigenvalue weighted by molar-refractivity contribution is 5.78. The highest BCUT2D eigenvalue weighted by Gasteiger charge is 2.43. The minimum atomic E-state index is 0.126. The van der Waals surface area contributed by atoms with E-state index in [2.05, 4.69) is 4.98 Å². The maximum Gasteiger partial charge on any atom is 0.249 e. The summed E-state index contributed by atoms with van der Waals surface area (Å²) in [6.45, 7) is 2.70. The van der Waals surface area contributed by atoms with Gasteiger partial charge in [-0.05, 0) is 25.8 Å². The fourth-order valence-electron chi connectivity index (χ4n) is 3.48. The first-order valence-electron chi connectivity index (χ1n) is 7.74. The molecule has 3 rings (SSSR count). The van der Waals surface area contributed by atoms with E-state index >= 15 is 0 Å². The summed E-state index contributed by atoms with van der Waals surface area (Å²) >= 11 is 0. The number of ether oxygens (including phenoxy) is 2. The second kappa shape index (κ2) is 6.43.